The molecule has 0 fully saturated rings. The highest BCUT2D eigenvalue weighted by atomic mass is 32.2. The average molecular weight is 434 g/mol. The number of sulfonamides is 1. The number of carbonyl (C=O) groups excluding carboxylic acids is 3. The second-order valence-corrected chi connectivity index (χ2v) is 8.02. The summed E-state index contributed by atoms with van der Waals surface area (Å²) >= 11 is 0. The van der Waals surface area contributed by atoms with Gasteiger partial charge in [-0.3, -0.25) is 14.4 Å². The van der Waals surface area contributed by atoms with Gasteiger partial charge in [0.15, 0.2) is 12.4 Å². The molecule has 0 saturated carbocycles. The first-order chi connectivity index (χ1) is 14.1. The van der Waals surface area contributed by atoms with Crippen molar-refractivity contribution in [3.63, 3.8) is 0 Å². The van der Waals surface area contributed by atoms with E-state index in [1.54, 1.807) is 12.1 Å². The standard InChI is InChI=1S/C20H22N2O7S/c1-13(22-30(26,27)18-10-8-17(28-3)9-11-18)20(25)29-12-19(24)15-4-6-16(7-5-15)21-14(2)23/h4-11,13,22H,12H2,1-3H3,(H,21,23)/t13-/m0/s1. The normalized spacial score (nSPS) is 12.0. The van der Waals surface area contributed by atoms with Gasteiger partial charge in [-0.15, -0.1) is 0 Å². The van der Waals surface area contributed by atoms with Crippen molar-refractivity contribution in [2.45, 2.75) is 24.8 Å². The van der Waals surface area contributed by atoms with Gasteiger partial charge in [0.05, 0.1) is 12.0 Å². The fraction of sp³-hybridized carbons (Fsp3) is 0.250. The number of rotatable bonds is 9. The Bertz CT molecular complexity index is 1020. The molecule has 0 heterocycles. The van der Waals surface area contributed by atoms with Crippen LogP contribution >= 0.6 is 0 Å². The van der Waals surface area contributed by atoms with Gasteiger partial charge in [-0.25, -0.2) is 8.42 Å². The molecule has 0 spiro atoms. The summed E-state index contributed by atoms with van der Waals surface area (Å²) in [5.41, 5.74) is 0.806. The van der Waals surface area contributed by atoms with Crippen molar-refractivity contribution in [3.8, 4) is 5.75 Å². The molecule has 0 unspecified atom stereocenters. The van der Waals surface area contributed by atoms with E-state index in [1.165, 1.54) is 57.4 Å². The number of hydrogen-bond donors (Lipinski definition) is 2. The van der Waals surface area contributed by atoms with Gasteiger partial charge in [0.25, 0.3) is 0 Å². The van der Waals surface area contributed by atoms with E-state index in [-0.39, 0.29) is 16.4 Å². The van der Waals surface area contributed by atoms with Crippen molar-refractivity contribution < 1.29 is 32.3 Å². The summed E-state index contributed by atoms with van der Waals surface area (Å²) in [6.07, 6.45) is 0. The fourth-order valence-electron chi connectivity index (χ4n) is 2.39. The fourth-order valence-corrected chi connectivity index (χ4v) is 3.58. The van der Waals surface area contributed by atoms with Crippen molar-refractivity contribution in [3.05, 3.63) is 54.1 Å². The number of nitrogens with one attached hydrogen (secondary N) is 2. The summed E-state index contributed by atoms with van der Waals surface area (Å²) in [6.45, 7) is 2.13. The highest BCUT2D eigenvalue weighted by Crippen LogP contribution is 2.16. The molecular weight excluding hydrogens is 412 g/mol. The second kappa shape index (κ2) is 9.99. The molecular formula is C20H22N2O7S. The van der Waals surface area contributed by atoms with Gasteiger partial charge >= 0.3 is 5.97 Å². The zero-order valence-electron chi connectivity index (χ0n) is 16.7. The topological polar surface area (TPSA) is 128 Å². The third-order valence-corrected chi connectivity index (χ3v) is 5.48. The molecule has 2 rings (SSSR count). The molecule has 30 heavy (non-hydrogen) atoms. The third kappa shape index (κ3) is 6.39. The predicted molar refractivity (Wildman–Crippen MR) is 109 cm³/mol. The Hall–Kier alpha value is -3.24. The van der Waals surface area contributed by atoms with Crippen molar-refractivity contribution in [1.29, 1.82) is 0 Å². The summed E-state index contributed by atoms with van der Waals surface area (Å²) in [6, 6.07) is 10.5. The van der Waals surface area contributed by atoms with Crippen molar-refractivity contribution in [1.82, 2.24) is 4.72 Å². The first-order valence-electron chi connectivity index (χ1n) is 8.86. The maximum atomic E-state index is 12.4. The largest absolute Gasteiger partial charge is 0.497 e. The van der Waals surface area contributed by atoms with Crippen LogP contribution in [0, 0.1) is 0 Å². The van der Waals surface area contributed by atoms with E-state index in [1.807, 2.05) is 0 Å². The van der Waals surface area contributed by atoms with Gasteiger partial charge < -0.3 is 14.8 Å². The quantitative estimate of drug-likeness (QED) is 0.454. The van der Waals surface area contributed by atoms with Gasteiger partial charge in [-0.1, -0.05) is 0 Å². The van der Waals surface area contributed by atoms with E-state index < -0.39 is 34.4 Å². The van der Waals surface area contributed by atoms with Gasteiger partial charge in [0, 0.05) is 18.2 Å². The molecule has 10 heteroatoms. The number of esters is 1. The van der Waals surface area contributed by atoms with Crippen LogP contribution in [0.4, 0.5) is 5.69 Å². The molecule has 0 aliphatic carbocycles. The van der Waals surface area contributed by atoms with Crippen molar-refractivity contribution >= 4 is 33.4 Å². The highest BCUT2D eigenvalue weighted by Gasteiger charge is 2.24. The van der Waals surface area contributed by atoms with E-state index in [0.717, 1.165) is 0 Å². The van der Waals surface area contributed by atoms with E-state index in [9.17, 15) is 22.8 Å². The first kappa shape index (κ1) is 23.0. The molecule has 2 N–H and O–H groups in total. The lowest BCUT2D eigenvalue weighted by molar-refractivity contribution is -0.144. The SMILES string of the molecule is COc1ccc(S(=O)(=O)N[C@@H](C)C(=O)OCC(=O)c2ccc(NC(C)=O)cc2)cc1. The Kier molecular flexibility index (Phi) is 7.67. The van der Waals surface area contributed by atoms with Gasteiger partial charge in [0.2, 0.25) is 15.9 Å². The van der Waals surface area contributed by atoms with Crippen LogP contribution in [-0.2, 0) is 24.3 Å². The lowest BCUT2D eigenvalue weighted by atomic mass is 10.1. The molecule has 0 saturated heterocycles. The van der Waals surface area contributed by atoms with Crippen LogP contribution < -0.4 is 14.8 Å². The van der Waals surface area contributed by atoms with E-state index >= 15 is 0 Å². The zero-order valence-corrected chi connectivity index (χ0v) is 17.5. The summed E-state index contributed by atoms with van der Waals surface area (Å²) in [5.74, 6) is -1.11. The number of ketones is 1. The molecule has 2 aromatic carbocycles. The number of methoxy groups -OCH3 is 1. The molecule has 160 valence electrons. The lowest BCUT2D eigenvalue weighted by Crippen LogP contribution is -2.40. The minimum Gasteiger partial charge on any atom is -0.497 e. The van der Waals surface area contributed by atoms with Crippen LogP contribution in [0.25, 0.3) is 0 Å². The first-order valence-corrected chi connectivity index (χ1v) is 10.3. The Labute approximate surface area is 174 Å². The van der Waals surface area contributed by atoms with Crippen LogP contribution in [0.1, 0.15) is 24.2 Å². The molecule has 2 aromatic rings. The lowest BCUT2D eigenvalue weighted by Gasteiger charge is -2.14. The number of hydrogen-bond acceptors (Lipinski definition) is 7. The molecule has 0 bridgehead atoms. The predicted octanol–water partition coefficient (Wildman–Crippen LogP) is 1.75. The number of benzene rings is 2. The zero-order chi connectivity index (χ0) is 22.3. The number of Topliss-reactive ketones (excluding diaryl/α,β-unsaturated/α-hetero) is 1. The smallest absolute Gasteiger partial charge is 0.324 e. The Morgan fingerprint density at radius 3 is 2.13 bits per heavy atom. The van der Waals surface area contributed by atoms with Crippen LogP contribution in [0.5, 0.6) is 5.75 Å². The average Bonchev–Trinajstić information content (AvgIpc) is 2.71. The van der Waals surface area contributed by atoms with Gasteiger partial charge in [-0.2, -0.15) is 4.72 Å². The van der Waals surface area contributed by atoms with Crippen LogP contribution in [0.3, 0.4) is 0 Å². The van der Waals surface area contributed by atoms with Gasteiger partial charge in [0.1, 0.15) is 11.8 Å². The molecule has 9 nitrogen and oxygen atoms in total. The van der Waals surface area contributed by atoms with Crippen molar-refractivity contribution in [2.75, 3.05) is 19.0 Å². The van der Waals surface area contributed by atoms with E-state index in [4.69, 9.17) is 9.47 Å². The monoisotopic (exact) mass is 434 g/mol. The molecule has 0 aliphatic heterocycles. The summed E-state index contributed by atoms with van der Waals surface area (Å²) in [5, 5.41) is 2.57. The summed E-state index contributed by atoms with van der Waals surface area (Å²) in [4.78, 5) is 35.2. The highest BCUT2D eigenvalue weighted by molar-refractivity contribution is 7.89. The number of anilines is 1. The Balaban J connectivity index is 1.91. The minimum absolute atomic E-state index is 0.0433. The molecule has 1 amide bonds. The third-order valence-electron chi connectivity index (χ3n) is 3.93. The maximum Gasteiger partial charge on any atom is 0.324 e. The molecule has 1 atom stereocenters. The molecule has 0 radical (unpaired) electrons. The van der Waals surface area contributed by atoms with E-state index in [0.29, 0.717) is 11.4 Å². The molecule has 0 aliphatic rings. The number of amides is 1. The number of carbonyl (C=O) groups is 3. The van der Waals surface area contributed by atoms with Gasteiger partial charge in [-0.05, 0) is 55.5 Å². The maximum absolute atomic E-state index is 12.4. The van der Waals surface area contributed by atoms with Crippen molar-refractivity contribution in [2.24, 2.45) is 0 Å². The van der Waals surface area contributed by atoms with Crippen LogP contribution in [-0.4, -0.2) is 45.8 Å². The summed E-state index contributed by atoms with van der Waals surface area (Å²) < 4.78 is 36.8. The van der Waals surface area contributed by atoms with Crippen LogP contribution in [0.2, 0.25) is 0 Å². The summed E-state index contributed by atoms with van der Waals surface area (Å²) in [7, 11) is -2.50. The Morgan fingerprint density at radius 1 is 1.00 bits per heavy atom. The second-order valence-electron chi connectivity index (χ2n) is 6.31. The number of ether oxygens (including phenoxy) is 2. The van der Waals surface area contributed by atoms with E-state index in [2.05, 4.69) is 10.0 Å². The minimum atomic E-state index is -3.96. The molecule has 0 aromatic heterocycles. The van der Waals surface area contributed by atoms with Crippen LogP contribution in [0.15, 0.2) is 53.4 Å². The Morgan fingerprint density at radius 2 is 1.60 bits per heavy atom.